The standard InChI is InChI=1S/C18H16N2O8/c21-16(22)2-1-11-18(17(23)24,12-3-7-14(8-4-12)19(25)26)13-5-9-15(10-6-13)20(27)28/h3-10H,1-2,11H2,(H,21,22)(H,23,24)/p-2. The molecule has 0 spiro atoms. The van der Waals surface area contributed by atoms with Gasteiger partial charge in [0.25, 0.3) is 11.4 Å². The summed E-state index contributed by atoms with van der Waals surface area (Å²) in [5, 5.41) is 44.6. The number of nitrogens with zero attached hydrogens (tertiary/aromatic N) is 2. The number of carboxylic acid groups (broad SMARTS) is 2. The van der Waals surface area contributed by atoms with Crippen molar-refractivity contribution < 1.29 is 29.6 Å². The van der Waals surface area contributed by atoms with E-state index in [4.69, 9.17) is 0 Å². The van der Waals surface area contributed by atoms with Crippen LogP contribution in [0.4, 0.5) is 11.4 Å². The summed E-state index contributed by atoms with van der Waals surface area (Å²) in [6.45, 7) is 0. The number of benzene rings is 2. The second-order valence-electron chi connectivity index (χ2n) is 6.03. The van der Waals surface area contributed by atoms with E-state index in [0.29, 0.717) is 0 Å². The van der Waals surface area contributed by atoms with E-state index in [1.807, 2.05) is 0 Å². The predicted molar refractivity (Wildman–Crippen MR) is 90.8 cm³/mol. The van der Waals surface area contributed by atoms with E-state index >= 15 is 0 Å². The number of carbonyl (C=O) groups is 2. The first-order valence-corrected chi connectivity index (χ1v) is 8.09. The van der Waals surface area contributed by atoms with Crippen molar-refractivity contribution in [3.8, 4) is 0 Å². The molecule has 10 heteroatoms. The van der Waals surface area contributed by atoms with E-state index in [1.54, 1.807) is 0 Å². The summed E-state index contributed by atoms with van der Waals surface area (Å²) in [6, 6.07) is 9.47. The van der Waals surface area contributed by atoms with Gasteiger partial charge in [0, 0.05) is 30.2 Å². The molecule has 0 aliphatic carbocycles. The number of aliphatic carboxylic acids is 2. The van der Waals surface area contributed by atoms with Crippen LogP contribution in [0.2, 0.25) is 0 Å². The molecule has 0 aliphatic rings. The van der Waals surface area contributed by atoms with Crippen LogP contribution in [0, 0.1) is 20.2 Å². The topological polar surface area (TPSA) is 167 Å². The number of carbonyl (C=O) groups excluding carboxylic acids is 2. The second kappa shape index (κ2) is 8.25. The quantitative estimate of drug-likeness (QED) is 0.442. The van der Waals surface area contributed by atoms with Gasteiger partial charge in [-0.2, -0.15) is 0 Å². The van der Waals surface area contributed by atoms with Gasteiger partial charge in [-0.05, 0) is 30.4 Å². The van der Waals surface area contributed by atoms with Gasteiger partial charge >= 0.3 is 0 Å². The Balaban J connectivity index is 2.59. The lowest BCUT2D eigenvalue weighted by molar-refractivity contribution is -0.385. The molecule has 0 unspecified atom stereocenters. The molecule has 0 aromatic heterocycles. The minimum Gasteiger partial charge on any atom is -0.550 e. The van der Waals surface area contributed by atoms with E-state index in [0.717, 1.165) is 24.3 Å². The van der Waals surface area contributed by atoms with Crippen LogP contribution >= 0.6 is 0 Å². The van der Waals surface area contributed by atoms with Crippen LogP contribution in [-0.4, -0.2) is 21.8 Å². The first-order valence-electron chi connectivity index (χ1n) is 8.09. The minimum absolute atomic E-state index is 0.0791. The maximum absolute atomic E-state index is 12.2. The van der Waals surface area contributed by atoms with Gasteiger partial charge in [0.05, 0.1) is 21.2 Å². The summed E-state index contributed by atoms with van der Waals surface area (Å²) >= 11 is 0. The lowest BCUT2D eigenvalue weighted by Crippen LogP contribution is -2.47. The summed E-state index contributed by atoms with van der Waals surface area (Å²) in [7, 11) is 0. The Morgan fingerprint density at radius 1 is 0.786 bits per heavy atom. The summed E-state index contributed by atoms with van der Waals surface area (Å²) in [6.07, 6.45) is -0.696. The van der Waals surface area contributed by atoms with Crippen LogP contribution in [0.15, 0.2) is 48.5 Å². The number of nitro groups is 2. The third kappa shape index (κ3) is 4.11. The zero-order chi connectivity index (χ0) is 20.9. The number of rotatable bonds is 9. The van der Waals surface area contributed by atoms with Gasteiger partial charge in [0.15, 0.2) is 0 Å². The Kier molecular flexibility index (Phi) is 6.04. The Bertz CT molecular complexity index is 849. The smallest absolute Gasteiger partial charge is 0.269 e. The van der Waals surface area contributed by atoms with E-state index in [1.165, 1.54) is 24.3 Å². The van der Waals surface area contributed by atoms with Crippen molar-refractivity contribution in [2.75, 3.05) is 0 Å². The molecule has 2 aromatic rings. The first kappa shape index (κ1) is 20.5. The zero-order valence-corrected chi connectivity index (χ0v) is 14.4. The lowest BCUT2D eigenvalue weighted by Gasteiger charge is -2.36. The molecule has 28 heavy (non-hydrogen) atoms. The molecule has 0 bridgehead atoms. The van der Waals surface area contributed by atoms with Crippen molar-refractivity contribution in [1.82, 2.24) is 0 Å². The highest BCUT2D eigenvalue weighted by Crippen LogP contribution is 2.38. The predicted octanol–water partition coefficient (Wildman–Crippen LogP) is 0.459. The summed E-state index contributed by atoms with van der Waals surface area (Å²) in [5.41, 5.74) is -2.10. The molecule has 0 fully saturated rings. The van der Waals surface area contributed by atoms with Gasteiger partial charge in [0.2, 0.25) is 0 Å². The number of hydrogen-bond donors (Lipinski definition) is 0. The highest BCUT2D eigenvalue weighted by atomic mass is 16.6. The van der Waals surface area contributed by atoms with Gasteiger partial charge in [-0.25, -0.2) is 0 Å². The molecule has 0 amide bonds. The highest BCUT2D eigenvalue weighted by Gasteiger charge is 2.36. The number of non-ortho nitro benzene ring substituents is 2. The molecule has 0 heterocycles. The van der Waals surface area contributed by atoms with Crippen molar-refractivity contribution in [3.05, 3.63) is 79.9 Å². The second-order valence-corrected chi connectivity index (χ2v) is 6.03. The zero-order valence-electron chi connectivity index (χ0n) is 14.4. The van der Waals surface area contributed by atoms with E-state index in [2.05, 4.69) is 0 Å². The van der Waals surface area contributed by atoms with Gasteiger partial charge < -0.3 is 19.8 Å². The minimum atomic E-state index is -1.85. The fraction of sp³-hybridized carbons (Fsp3) is 0.222. The monoisotopic (exact) mass is 386 g/mol. The summed E-state index contributed by atoms with van der Waals surface area (Å²) in [5.74, 6) is -2.92. The molecule has 0 aliphatic heterocycles. The van der Waals surface area contributed by atoms with Crippen LogP contribution in [-0.2, 0) is 15.0 Å². The molecule has 0 saturated heterocycles. The van der Waals surface area contributed by atoms with Gasteiger partial charge in [0.1, 0.15) is 0 Å². The SMILES string of the molecule is O=C([O-])CCCC(C(=O)[O-])(c1ccc([N+](=O)[O-])cc1)c1ccc([N+](=O)[O-])cc1. The maximum atomic E-state index is 12.2. The van der Waals surface area contributed by atoms with Crippen LogP contribution < -0.4 is 10.2 Å². The molecule has 0 radical (unpaired) electrons. The number of carboxylic acids is 2. The summed E-state index contributed by atoms with van der Waals surface area (Å²) in [4.78, 5) is 43.4. The summed E-state index contributed by atoms with van der Waals surface area (Å²) < 4.78 is 0. The fourth-order valence-electron chi connectivity index (χ4n) is 3.03. The molecular formula is C18H14N2O8-2. The number of nitro benzene ring substituents is 2. The van der Waals surface area contributed by atoms with Crippen LogP contribution in [0.1, 0.15) is 30.4 Å². The molecule has 10 nitrogen and oxygen atoms in total. The third-order valence-electron chi connectivity index (χ3n) is 4.42. The van der Waals surface area contributed by atoms with Crippen molar-refractivity contribution in [2.45, 2.75) is 24.7 Å². The van der Waals surface area contributed by atoms with Gasteiger partial charge in [-0.3, -0.25) is 20.2 Å². The first-order chi connectivity index (χ1) is 13.2. The Labute approximate surface area is 158 Å². The molecule has 2 rings (SSSR count). The highest BCUT2D eigenvalue weighted by molar-refractivity contribution is 5.84. The largest absolute Gasteiger partial charge is 0.550 e. The van der Waals surface area contributed by atoms with Crippen molar-refractivity contribution in [2.24, 2.45) is 0 Å². The van der Waals surface area contributed by atoms with Crippen molar-refractivity contribution in [3.63, 3.8) is 0 Å². The maximum Gasteiger partial charge on any atom is 0.269 e. The Morgan fingerprint density at radius 2 is 1.18 bits per heavy atom. The average molecular weight is 386 g/mol. The molecule has 0 atom stereocenters. The molecule has 146 valence electrons. The van der Waals surface area contributed by atoms with Crippen molar-refractivity contribution >= 4 is 23.3 Å². The van der Waals surface area contributed by atoms with Gasteiger partial charge in [-0.15, -0.1) is 0 Å². The average Bonchev–Trinajstić information content (AvgIpc) is 2.65. The molecule has 0 N–H and O–H groups in total. The van der Waals surface area contributed by atoms with Crippen molar-refractivity contribution in [1.29, 1.82) is 0 Å². The van der Waals surface area contributed by atoms with E-state index < -0.39 is 33.6 Å². The Hall–Kier alpha value is -3.82. The molecular weight excluding hydrogens is 372 g/mol. The molecule has 0 saturated carbocycles. The Morgan fingerprint density at radius 3 is 1.46 bits per heavy atom. The van der Waals surface area contributed by atoms with E-state index in [-0.39, 0.29) is 35.3 Å². The number of hydrogen-bond acceptors (Lipinski definition) is 8. The van der Waals surface area contributed by atoms with Crippen LogP contribution in [0.3, 0.4) is 0 Å². The fourth-order valence-corrected chi connectivity index (χ4v) is 3.03. The third-order valence-corrected chi connectivity index (χ3v) is 4.42. The van der Waals surface area contributed by atoms with Crippen LogP contribution in [0.25, 0.3) is 0 Å². The lowest BCUT2D eigenvalue weighted by atomic mass is 9.71. The molecule has 2 aromatic carbocycles. The van der Waals surface area contributed by atoms with Crippen LogP contribution in [0.5, 0.6) is 0 Å². The normalized spacial score (nSPS) is 11.0. The van der Waals surface area contributed by atoms with E-state index in [9.17, 15) is 40.0 Å². The van der Waals surface area contributed by atoms with Gasteiger partial charge in [-0.1, -0.05) is 24.3 Å².